The van der Waals surface area contributed by atoms with Gasteiger partial charge in [0.25, 0.3) is 10.0 Å². The second-order valence-electron chi connectivity index (χ2n) is 8.31. The molecule has 11 nitrogen and oxygen atoms in total. The monoisotopic (exact) mass is 477 g/mol. The molecule has 0 bridgehead atoms. The minimum absolute atomic E-state index is 0.275. The van der Waals surface area contributed by atoms with Crippen molar-refractivity contribution in [3.8, 4) is 11.4 Å². The predicted octanol–water partition coefficient (Wildman–Crippen LogP) is 1.52. The van der Waals surface area contributed by atoms with Gasteiger partial charge in [0.1, 0.15) is 17.0 Å². The van der Waals surface area contributed by atoms with Gasteiger partial charge in [-0.2, -0.15) is 13.5 Å². The van der Waals surface area contributed by atoms with E-state index in [0.717, 1.165) is 34.9 Å². The Labute approximate surface area is 196 Å². The second-order valence-corrected chi connectivity index (χ2v) is 9.88. The van der Waals surface area contributed by atoms with Crippen LogP contribution in [0.1, 0.15) is 12.5 Å². The van der Waals surface area contributed by atoms with E-state index in [0.29, 0.717) is 37.6 Å². The maximum absolute atomic E-state index is 12.5. The fourth-order valence-corrected chi connectivity index (χ4v) is 5.80. The van der Waals surface area contributed by atoms with Gasteiger partial charge in [-0.25, -0.2) is 15.0 Å². The van der Waals surface area contributed by atoms with Gasteiger partial charge < -0.3 is 14.4 Å². The van der Waals surface area contributed by atoms with Crippen LogP contribution in [0.5, 0.6) is 0 Å². The molecule has 3 aromatic heterocycles. The zero-order chi connectivity index (χ0) is 23.4. The van der Waals surface area contributed by atoms with E-state index < -0.39 is 10.0 Å². The minimum atomic E-state index is -3.63. The standard InChI is InChI=1S/C22H23N9O2S/c1-3-31-13-15(12-25-31)19-26-18-21(28(19)2)23-14-24-22(18)30-10-8-29(9-11-30)20-16-6-4-5-7-17(16)34(32,33)27-20/h4-7,12-14H,3,8-11H2,1-2H3. The molecule has 0 aliphatic carbocycles. The molecule has 0 spiro atoms. The number of benzene rings is 1. The average molecular weight is 478 g/mol. The van der Waals surface area contributed by atoms with Crippen molar-refractivity contribution in [2.45, 2.75) is 18.4 Å². The van der Waals surface area contributed by atoms with E-state index in [4.69, 9.17) is 4.98 Å². The Hall–Kier alpha value is -3.80. The summed E-state index contributed by atoms with van der Waals surface area (Å²) in [5, 5.41) is 4.36. The zero-order valence-corrected chi connectivity index (χ0v) is 19.6. The van der Waals surface area contributed by atoms with Gasteiger partial charge in [0.2, 0.25) is 0 Å². The summed E-state index contributed by atoms with van der Waals surface area (Å²) in [5.41, 5.74) is 3.09. The number of aromatic nitrogens is 6. The molecule has 0 amide bonds. The second kappa shape index (κ2) is 7.62. The maximum Gasteiger partial charge on any atom is 0.285 e. The number of hydrogen-bond donors (Lipinski definition) is 0. The summed E-state index contributed by atoms with van der Waals surface area (Å²) in [6.07, 6.45) is 5.35. The largest absolute Gasteiger partial charge is 0.352 e. The van der Waals surface area contributed by atoms with Crippen LogP contribution < -0.4 is 4.90 Å². The van der Waals surface area contributed by atoms with Crippen LogP contribution in [0.15, 0.2) is 52.3 Å². The van der Waals surface area contributed by atoms with Gasteiger partial charge in [-0.05, 0) is 19.1 Å². The smallest absolute Gasteiger partial charge is 0.285 e. The Kier molecular flexibility index (Phi) is 4.66. The molecule has 2 aliphatic heterocycles. The van der Waals surface area contributed by atoms with E-state index in [-0.39, 0.29) is 4.90 Å². The highest BCUT2D eigenvalue weighted by molar-refractivity contribution is 7.90. The van der Waals surface area contributed by atoms with Crippen LogP contribution in [0.4, 0.5) is 5.82 Å². The summed E-state index contributed by atoms with van der Waals surface area (Å²) in [6, 6.07) is 6.99. The van der Waals surface area contributed by atoms with Crippen molar-refractivity contribution >= 4 is 32.8 Å². The number of rotatable bonds is 3. The molecule has 34 heavy (non-hydrogen) atoms. The number of imidazole rings is 1. The van der Waals surface area contributed by atoms with Crippen molar-refractivity contribution < 1.29 is 8.42 Å². The Morgan fingerprint density at radius 2 is 1.79 bits per heavy atom. The first-order valence-electron chi connectivity index (χ1n) is 11.1. The summed E-state index contributed by atoms with van der Waals surface area (Å²) < 4.78 is 32.8. The van der Waals surface area contributed by atoms with Crippen LogP contribution in [0.3, 0.4) is 0 Å². The van der Waals surface area contributed by atoms with Gasteiger partial charge in [0.15, 0.2) is 22.8 Å². The van der Waals surface area contributed by atoms with E-state index in [1.54, 1.807) is 18.5 Å². The van der Waals surface area contributed by atoms with Crippen LogP contribution in [-0.2, 0) is 23.6 Å². The molecule has 4 aromatic rings. The van der Waals surface area contributed by atoms with Crippen LogP contribution >= 0.6 is 0 Å². The van der Waals surface area contributed by atoms with E-state index in [9.17, 15) is 8.42 Å². The number of anilines is 1. The molecule has 2 aliphatic rings. The zero-order valence-electron chi connectivity index (χ0n) is 18.8. The Morgan fingerprint density at radius 1 is 1.03 bits per heavy atom. The van der Waals surface area contributed by atoms with Crippen LogP contribution in [0, 0.1) is 0 Å². The fourth-order valence-electron chi connectivity index (χ4n) is 4.58. The lowest BCUT2D eigenvalue weighted by atomic mass is 10.1. The molecule has 0 saturated carbocycles. The first-order valence-corrected chi connectivity index (χ1v) is 12.5. The van der Waals surface area contributed by atoms with Crippen LogP contribution in [0.2, 0.25) is 0 Å². The number of piperazine rings is 1. The van der Waals surface area contributed by atoms with Gasteiger partial charge >= 0.3 is 0 Å². The first-order chi connectivity index (χ1) is 16.5. The number of sulfonamides is 1. The van der Waals surface area contributed by atoms with E-state index >= 15 is 0 Å². The maximum atomic E-state index is 12.5. The Morgan fingerprint density at radius 3 is 2.56 bits per heavy atom. The fraction of sp³-hybridized carbons (Fsp3) is 0.318. The highest BCUT2D eigenvalue weighted by atomic mass is 32.2. The molecule has 0 radical (unpaired) electrons. The lowest BCUT2D eigenvalue weighted by Gasteiger charge is -2.36. The van der Waals surface area contributed by atoms with Gasteiger partial charge in [-0.15, -0.1) is 4.40 Å². The van der Waals surface area contributed by atoms with Crippen molar-refractivity contribution in [3.63, 3.8) is 0 Å². The molecule has 1 fully saturated rings. The molecule has 0 atom stereocenters. The van der Waals surface area contributed by atoms with E-state index in [1.165, 1.54) is 0 Å². The number of amidine groups is 1. The number of aryl methyl sites for hydroxylation is 2. The highest BCUT2D eigenvalue weighted by Gasteiger charge is 2.33. The Bertz CT molecular complexity index is 1550. The molecule has 6 rings (SSSR count). The third-order valence-electron chi connectivity index (χ3n) is 6.34. The summed E-state index contributed by atoms with van der Waals surface area (Å²) in [5.74, 6) is 2.09. The number of hydrogen-bond acceptors (Lipinski definition) is 8. The van der Waals surface area contributed by atoms with Gasteiger partial charge in [0.05, 0.1) is 11.8 Å². The molecule has 5 heterocycles. The average Bonchev–Trinajstić information content (AvgIpc) is 3.54. The topological polar surface area (TPSA) is 114 Å². The quantitative estimate of drug-likeness (QED) is 0.436. The van der Waals surface area contributed by atoms with Crippen molar-refractivity contribution in [2.24, 2.45) is 11.4 Å². The van der Waals surface area contributed by atoms with Crippen molar-refractivity contribution in [3.05, 3.63) is 48.5 Å². The molecular weight excluding hydrogens is 454 g/mol. The summed E-state index contributed by atoms with van der Waals surface area (Å²) >= 11 is 0. The molecule has 1 aromatic carbocycles. The Balaban J connectivity index is 1.28. The molecule has 12 heteroatoms. The molecule has 0 unspecified atom stereocenters. The van der Waals surface area contributed by atoms with Crippen molar-refractivity contribution in [2.75, 3.05) is 31.1 Å². The van der Waals surface area contributed by atoms with Gasteiger partial charge in [0, 0.05) is 51.5 Å². The van der Waals surface area contributed by atoms with Crippen LogP contribution in [-0.4, -0.2) is 74.6 Å². The van der Waals surface area contributed by atoms with Gasteiger partial charge in [-0.3, -0.25) is 4.68 Å². The third kappa shape index (κ3) is 3.16. The number of fused-ring (bicyclic) bond motifs is 2. The lowest BCUT2D eigenvalue weighted by Crippen LogP contribution is -2.49. The molecular formula is C22H23N9O2S. The van der Waals surface area contributed by atoms with Crippen molar-refractivity contribution in [1.29, 1.82) is 0 Å². The first kappa shape index (κ1) is 20.8. The summed E-state index contributed by atoms with van der Waals surface area (Å²) in [7, 11) is -1.69. The third-order valence-corrected chi connectivity index (χ3v) is 7.67. The van der Waals surface area contributed by atoms with Crippen LogP contribution in [0.25, 0.3) is 22.6 Å². The van der Waals surface area contributed by atoms with E-state index in [2.05, 4.69) is 24.4 Å². The van der Waals surface area contributed by atoms with E-state index in [1.807, 2.05) is 52.6 Å². The summed E-state index contributed by atoms with van der Waals surface area (Å²) in [6.45, 7) is 5.39. The lowest BCUT2D eigenvalue weighted by molar-refractivity contribution is 0.386. The molecule has 1 saturated heterocycles. The molecule has 0 N–H and O–H groups in total. The van der Waals surface area contributed by atoms with Crippen molar-refractivity contribution in [1.82, 2.24) is 34.2 Å². The SMILES string of the molecule is CCn1cc(-c2nc3c(N4CCN(C5=NS(=O)(=O)c6ccccc65)CC4)ncnc3n2C)cn1. The summed E-state index contributed by atoms with van der Waals surface area (Å²) in [4.78, 5) is 18.4. The minimum Gasteiger partial charge on any atom is -0.352 e. The molecule has 174 valence electrons. The normalized spacial score (nSPS) is 17.3. The van der Waals surface area contributed by atoms with Gasteiger partial charge in [-0.1, -0.05) is 12.1 Å². The highest BCUT2D eigenvalue weighted by Crippen LogP contribution is 2.30. The predicted molar refractivity (Wildman–Crippen MR) is 127 cm³/mol. The number of nitrogens with zero attached hydrogens (tertiary/aromatic N) is 9.